The van der Waals surface area contributed by atoms with E-state index in [-0.39, 0.29) is 6.10 Å². The van der Waals surface area contributed by atoms with Crippen LogP contribution in [-0.4, -0.2) is 37.5 Å². The predicted molar refractivity (Wildman–Crippen MR) is 67.4 cm³/mol. The molecule has 6 heteroatoms. The zero-order valence-corrected chi connectivity index (χ0v) is 10.7. The van der Waals surface area contributed by atoms with Crippen LogP contribution in [0.1, 0.15) is 18.0 Å². The molecule has 6 nitrogen and oxygen atoms in total. The Morgan fingerprint density at radius 2 is 2.37 bits per heavy atom. The SMILES string of the molecule is COc1cccc(C(N)C(=O)O)c1OC1CCOC1. The number of hydrogen-bond donors (Lipinski definition) is 2. The van der Waals surface area contributed by atoms with Gasteiger partial charge >= 0.3 is 5.97 Å². The molecule has 0 saturated carbocycles. The summed E-state index contributed by atoms with van der Waals surface area (Å²) in [7, 11) is 1.50. The lowest BCUT2D eigenvalue weighted by molar-refractivity contribution is -0.138. The second kappa shape index (κ2) is 5.90. The fourth-order valence-electron chi connectivity index (χ4n) is 1.97. The van der Waals surface area contributed by atoms with E-state index >= 15 is 0 Å². The number of ether oxygens (including phenoxy) is 3. The average molecular weight is 267 g/mol. The molecule has 1 aliphatic rings. The quantitative estimate of drug-likeness (QED) is 0.825. The standard InChI is InChI=1S/C13H17NO5/c1-17-10-4-2-3-9(11(14)13(15)16)12(10)19-8-5-6-18-7-8/h2-4,8,11H,5-7,14H2,1H3,(H,15,16). The Balaban J connectivity index is 2.33. The Hall–Kier alpha value is -1.79. The lowest BCUT2D eigenvalue weighted by Gasteiger charge is -2.20. The zero-order chi connectivity index (χ0) is 13.8. The first kappa shape index (κ1) is 13.6. The summed E-state index contributed by atoms with van der Waals surface area (Å²) < 4.78 is 16.3. The molecule has 2 rings (SSSR count). The van der Waals surface area contributed by atoms with Gasteiger partial charge in [0.15, 0.2) is 11.5 Å². The molecule has 1 aromatic carbocycles. The summed E-state index contributed by atoms with van der Waals surface area (Å²) in [5.74, 6) is -0.253. The lowest BCUT2D eigenvalue weighted by Crippen LogP contribution is -2.24. The monoisotopic (exact) mass is 267 g/mol. The van der Waals surface area contributed by atoms with Crippen LogP contribution in [0.15, 0.2) is 18.2 Å². The van der Waals surface area contributed by atoms with Crippen molar-refractivity contribution in [3.05, 3.63) is 23.8 Å². The number of rotatable bonds is 5. The van der Waals surface area contributed by atoms with E-state index in [2.05, 4.69) is 0 Å². The maximum atomic E-state index is 11.0. The number of carbonyl (C=O) groups is 1. The molecule has 0 bridgehead atoms. The lowest BCUT2D eigenvalue weighted by atomic mass is 10.1. The van der Waals surface area contributed by atoms with Crippen LogP contribution < -0.4 is 15.2 Å². The van der Waals surface area contributed by atoms with Gasteiger partial charge in [0, 0.05) is 12.0 Å². The van der Waals surface area contributed by atoms with Crippen molar-refractivity contribution in [1.29, 1.82) is 0 Å². The van der Waals surface area contributed by atoms with E-state index < -0.39 is 12.0 Å². The van der Waals surface area contributed by atoms with Crippen molar-refractivity contribution in [2.45, 2.75) is 18.6 Å². The smallest absolute Gasteiger partial charge is 0.325 e. The van der Waals surface area contributed by atoms with Gasteiger partial charge in [0.05, 0.1) is 20.3 Å². The third-order valence-electron chi connectivity index (χ3n) is 3.00. The molecule has 2 atom stereocenters. The zero-order valence-electron chi connectivity index (χ0n) is 10.7. The highest BCUT2D eigenvalue weighted by molar-refractivity contribution is 5.77. The van der Waals surface area contributed by atoms with E-state index in [4.69, 9.17) is 25.1 Å². The van der Waals surface area contributed by atoms with E-state index in [0.717, 1.165) is 6.42 Å². The molecular formula is C13H17NO5. The van der Waals surface area contributed by atoms with Crippen molar-refractivity contribution >= 4 is 5.97 Å². The van der Waals surface area contributed by atoms with Gasteiger partial charge in [-0.2, -0.15) is 0 Å². The van der Waals surface area contributed by atoms with Crippen molar-refractivity contribution in [3.63, 3.8) is 0 Å². The second-order valence-electron chi connectivity index (χ2n) is 4.30. The third-order valence-corrected chi connectivity index (χ3v) is 3.00. The molecule has 104 valence electrons. The van der Waals surface area contributed by atoms with Gasteiger partial charge < -0.3 is 25.1 Å². The number of hydrogen-bond acceptors (Lipinski definition) is 5. The van der Waals surface area contributed by atoms with Gasteiger partial charge in [0.25, 0.3) is 0 Å². The number of benzene rings is 1. The van der Waals surface area contributed by atoms with Crippen molar-refractivity contribution < 1.29 is 24.1 Å². The number of para-hydroxylation sites is 1. The Bertz CT molecular complexity index is 456. The van der Waals surface area contributed by atoms with Crippen LogP contribution in [0.5, 0.6) is 11.5 Å². The van der Waals surface area contributed by atoms with Crippen LogP contribution in [-0.2, 0) is 9.53 Å². The van der Waals surface area contributed by atoms with Crippen LogP contribution in [0.4, 0.5) is 0 Å². The van der Waals surface area contributed by atoms with Gasteiger partial charge in [-0.3, -0.25) is 4.79 Å². The summed E-state index contributed by atoms with van der Waals surface area (Å²) in [6.07, 6.45) is 0.663. The highest BCUT2D eigenvalue weighted by Gasteiger charge is 2.25. The molecule has 0 aliphatic carbocycles. The van der Waals surface area contributed by atoms with E-state index in [1.54, 1.807) is 18.2 Å². The minimum Gasteiger partial charge on any atom is -0.493 e. The Morgan fingerprint density at radius 1 is 1.58 bits per heavy atom. The highest BCUT2D eigenvalue weighted by Crippen LogP contribution is 2.35. The Labute approximate surface area is 111 Å². The summed E-state index contributed by atoms with van der Waals surface area (Å²) in [6, 6.07) is 3.89. The molecule has 1 heterocycles. The first-order chi connectivity index (χ1) is 9.13. The summed E-state index contributed by atoms with van der Waals surface area (Å²) >= 11 is 0. The first-order valence-corrected chi connectivity index (χ1v) is 6.03. The van der Waals surface area contributed by atoms with Gasteiger partial charge in [-0.1, -0.05) is 12.1 Å². The molecule has 1 fully saturated rings. The number of carboxylic acids is 1. The van der Waals surface area contributed by atoms with E-state index in [9.17, 15) is 4.79 Å². The van der Waals surface area contributed by atoms with Crippen LogP contribution in [0.2, 0.25) is 0 Å². The number of methoxy groups -OCH3 is 1. The van der Waals surface area contributed by atoms with Gasteiger partial charge in [0.2, 0.25) is 0 Å². The van der Waals surface area contributed by atoms with Gasteiger partial charge in [0.1, 0.15) is 12.1 Å². The maximum absolute atomic E-state index is 11.0. The number of nitrogens with two attached hydrogens (primary N) is 1. The largest absolute Gasteiger partial charge is 0.493 e. The number of aliphatic carboxylic acids is 1. The van der Waals surface area contributed by atoms with Gasteiger partial charge in [-0.15, -0.1) is 0 Å². The molecule has 2 unspecified atom stereocenters. The topological polar surface area (TPSA) is 91.0 Å². The van der Waals surface area contributed by atoms with Crippen LogP contribution in [0.25, 0.3) is 0 Å². The average Bonchev–Trinajstić information content (AvgIpc) is 2.91. The number of carboxylic acid groups (broad SMARTS) is 1. The molecule has 0 amide bonds. The van der Waals surface area contributed by atoms with Crippen LogP contribution >= 0.6 is 0 Å². The molecule has 3 N–H and O–H groups in total. The predicted octanol–water partition coefficient (Wildman–Crippen LogP) is 0.947. The van der Waals surface area contributed by atoms with E-state index in [1.165, 1.54) is 7.11 Å². The van der Waals surface area contributed by atoms with E-state index in [0.29, 0.717) is 30.3 Å². The summed E-state index contributed by atoms with van der Waals surface area (Å²) in [6.45, 7) is 1.12. The minimum atomic E-state index is -1.15. The molecule has 0 radical (unpaired) electrons. The Morgan fingerprint density at radius 3 is 2.95 bits per heavy atom. The van der Waals surface area contributed by atoms with E-state index in [1.807, 2.05) is 0 Å². The normalized spacial score (nSPS) is 20.0. The fraction of sp³-hybridized carbons (Fsp3) is 0.462. The first-order valence-electron chi connectivity index (χ1n) is 6.03. The minimum absolute atomic E-state index is 0.101. The molecular weight excluding hydrogens is 250 g/mol. The fourth-order valence-corrected chi connectivity index (χ4v) is 1.97. The van der Waals surface area contributed by atoms with Crippen LogP contribution in [0, 0.1) is 0 Å². The Kier molecular flexibility index (Phi) is 4.24. The van der Waals surface area contributed by atoms with Gasteiger partial charge in [-0.25, -0.2) is 0 Å². The molecule has 0 aromatic heterocycles. The summed E-state index contributed by atoms with van der Waals surface area (Å²) in [4.78, 5) is 11.0. The second-order valence-corrected chi connectivity index (χ2v) is 4.30. The summed E-state index contributed by atoms with van der Waals surface area (Å²) in [5, 5.41) is 9.04. The molecule has 0 spiro atoms. The third kappa shape index (κ3) is 2.97. The maximum Gasteiger partial charge on any atom is 0.325 e. The van der Waals surface area contributed by atoms with Crippen molar-refractivity contribution in [2.75, 3.05) is 20.3 Å². The molecule has 1 aromatic rings. The molecule has 1 aliphatic heterocycles. The van der Waals surface area contributed by atoms with Crippen molar-refractivity contribution in [1.82, 2.24) is 0 Å². The van der Waals surface area contributed by atoms with Gasteiger partial charge in [-0.05, 0) is 6.07 Å². The van der Waals surface area contributed by atoms with Crippen LogP contribution in [0.3, 0.4) is 0 Å². The molecule has 19 heavy (non-hydrogen) atoms. The summed E-state index contributed by atoms with van der Waals surface area (Å²) in [5.41, 5.74) is 6.07. The van der Waals surface area contributed by atoms with Crippen molar-refractivity contribution in [2.24, 2.45) is 5.73 Å². The molecule has 1 saturated heterocycles. The highest BCUT2D eigenvalue weighted by atomic mass is 16.6. The van der Waals surface area contributed by atoms with Crippen molar-refractivity contribution in [3.8, 4) is 11.5 Å².